The van der Waals surface area contributed by atoms with Crippen LogP contribution in [0.2, 0.25) is 0 Å². The molecule has 1 fully saturated rings. The van der Waals surface area contributed by atoms with E-state index in [1.54, 1.807) is 0 Å². The molecule has 23 heavy (non-hydrogen) atoms. The Bertz CT molecular complexity index is 653. The number of para-hydroxylation sites is 1. The minimum absolute atomic E-state index is 0.382. The van der Waals surface area contributed by atoms with Crippen molar-refractivity contribution in [1.82, 2.24) is 5.32 Å². The highest BCUT2D eigenvalue weighted by atomic mass is 16.5. The molecule has 0 bridgehead atoms. The topological polar surface area (TPSA) is 64.4 Å². The number of ether oxygens (including phenoxy) is 1. The SMILES string of the molecule is NC(=O)[C@H](NCc1ccccc1OCC1CC1)c1ccccc1. The molecule has 2 aromatic rings. The molecule has 0 radical (unpaired) electrons. The van der Waals surface area contributed by atoms with Gasteiger partial charge in [-0.25, -0.2) is 0 Å². The van der Waals surface area contributed by atoms with Crippen LogP contribution in [0.1, 0.15) is 30.0 Å². The van der Waals surface area contributed by atoms with Gasteiger partial charge in [-0.3, -0.25) is 10.1 Å². The first-order chi connectivity index (χ1) is 11.2. The zero-order valence-electron chi connectivity index (χ0n) is 13.1. The van der Waals surface area contributed by atoms with E-state index in [0.717, 1.165) is 23.5 Å². The van der Waals surface area contributed by atoms with E-state index in [9.17, 15) is 4.79 Å². The van der Waals surface area contributed by atoms with Crippen molar-refractivity contribution in [2.24, 2.45) is 11.7 Å². The predicted octanol–water partition coefficient (Wildman–Crippen LogP) is 2.79. The van der Waals surface area contributed by atoms with E-state index in [2.05, 4.69) is 5.32 Å². The molecule has 1 amide bonds. The average Bonchev–Trinajstić information content (AvgIpc) is 3.39. The molecule has 0 unspecified atom stereocenters. The molecule has 4 nitrogen and oxygen atoms in total. The van der Waals surface area contributed by atoms with Crippen LogP contribution in [0.25, 0.3) is 0 Å². The van der Waals surface area contributed by atoms with Gasteiger partial charge in [0.2, 0.25) is 5.91 Å². The zero-order chi connectivity index (χ0) is 16.1. The van der Waals surface area contributed by atoms with Crippen molar-refractivity contribution >= 4 is 5.91 Å². The van der Waals surface area contributed by atoms with Gasteiger partial charge in [0.25, 0.3) is 0 Å². The summed E-state index contributed by atoms with van der Waals surface area (Å²) in [6.07, 6.45) is 2.52. The Morgan fingerprint density at radius 3 is 2.52 bits per heavy atom. The Labute approximate surface area is 136 Å². The first-order valence-corrected chi connectivity index (χ1v) is 8.02. The smallest absolute Gasteiger partial charge is 0.239 e. The number of nitrogens with two attached hydrogens (primary N) is 1. The molecule has 0 aliphatic heterocycles. The van der Waals surface area contributed by atoms with Crippen molar-refractivity contribution in [3.05, 3.63) is 65.7 Å². The number of carbonyl (C=O) groups excluding carboxylic acids is 1. The zero-order valence-corrected chi connectivity index (χ0v) is 13.1. The minimum Gasteiger partial charge on any atom is -0.493 e. The lowest BCUT2D eigenvalue weighted by Gasteiger charge is -2.17. The number of amides is 1. The lowest BCUT2D eigenvalue weighted by molar-refractivity contribution is -0.120. The van der Waals surface area contributed by atoms with Gasteiger partial charge in [-0.15, -0.1) is 0 Å². The Kier molecular flexibility index (Phi) is 4.93. The minimum atomic E-state index is -0.507. The van der Waals surface area contributed by atoms with Crippen LogP contribution in [0.3, 0.4) is 0 Å². The van der Waals surface area contributed by atoms with Crippen molar-refractivity contribution in [3.63, 3.8) is 0 Å². The van der Waals surface area contributed by atoms with Crippen molar-refractivity contribution in [3.8, 4) is 5.75 Å². The molecule has 0 heterocycles. The number of nitrogens with one attached hydrogen (secondary N) is 1. The lowest BCUT2D eigenvalue weighted by atomic mass is 10.1. The summed E-state index contributed by atoms with van der Waals surface area (Å²) in [5.74, 6) is 1.20. The van der Waals surface area contributed by atoms with Crippen LogP contribution in [0.4, 0.5) is 0 Å². The van der Waals surface area contributed by atoms with E-state index in [-0.39, 0.29) is 5.91 Å². The van der Waals surface area contributed by atoms with Crippen LogP contribution in [-0.4, -0.2) is 12.5 Å². The largest absolute Gasteiger partial charge is 0.493 e. The van der Waals surface area contributed by atoms with E-state index in [0.29, 0.717) is 12.5 Å². The summed E-state index contributed by atoms with van der Waals surface area (Å²) < 4.78 is 5.90. The van der Waals surface area contributed by atoms with Crippen LogP contribution < -0.4 is 15.8 Å². The summed E-state index contributed by atoms with van der Waals surface area (Å²) in [7, 11) is 0. The fraction of sp³-hybridized carbons (Fsp3) is 0.316. The average molecular weight is 310 g/mol. The van der Waals surface area contributed by atoms with Crippen LogP contribution in [-0.2, 0) is 11.3 Å². The molecular weight excluding hydrogens is 288 g/mol. The maximum Gasteiger partial charge on any atom is 0.239 e. The van der Waals surface area contributed by atoms with Crippen LogP contribution in [0, 0.1) is 5.92 Å². The van der Waals surface area contributed by atoms with E-state index in [4.69, 9.17) is 10.5 Å². The summed E-state index contributed by atoms with van der Waals surface area (Å²) in [5.41, 5.74) is 7.45. The molecule has 0 aromatic heterocycles. The van der Waals surface area contributed by atoms with E-state index < -0.39 is 6.04 Å². The third kappa shape index (κ3) is 4.33. The van der Waals surface area contributed by atoms with Crippen LogP contribution >= 0.6 is 0 Å². The van der Waals surface area contributed by atoms with Gasteiger partial charge in [0, 0.05) is 12.1 Å². The number of hydrogen-bond donors (Lipinski definition) is 2. The fourth-order valence-corrected chi connectivity index (χ4v) is 2.52. The van der Waals surface area contributed by atoms with Crippen LogP contribution in [0.5, 0.6) is 5.75 Å². The number of benzene rings is 2. The Morgan fingerprint density at radius 2 is 1.83 bits per heavy atom. The Hall–Kier alpha value is -2.33. The first-order valence-electron chi connectivity index (χ1n) is 8.02. The maximum atomic E-state index is 11.8. The monoisotopic (exact) mass is 310 g/mol. The number of carbonyl (C=O) groups is 1. The van der Waals surface area contributed by atoms with Gasteiger partial charge in [-0.05, 0) is 30.4 Å². The summed E-state index contributed by atoms with van der Waals surface area (Å²) in [6, 6.07) is 16.9. The van der Waals surface area contributed by atoms with E-state index in [1.165, 1.54) is 12.8 Å². The standard InChI is InChI=1S/C19H22N2O2/c20-19(22)18(15-6-2-1-3-7-15)21-12-16-8-4-5-9-17(16)23-13-14-10-11-14/h1-9,14,18,21H,10-13H2,(H2,20,22)/t18-/m1/s1. The molecule has 0 spiro atoms. The van der Waals surface area contributed by atoms with Crippen molar-refractivity contribution in [1.29, 1.82) is 0 Å². The van der Waals surface area contributed by atoms with Crippen molar-refractivity contribution < 1.29 is 9.53 Å². The second kappa shape index (κ2) is 7.29. The van der Waals surface area contributed by atoms with Crippen molar-refractivity contribution in [2.45, 2.75) is 25.4 Å². The van der Waals surface area contributed by atoms with Gasteiger partial charge in [0.05, 0.1) is 6.61 Å². The first kappa shape index (κ1) is 15.6. The summed E-state index contributed by atoms with van der Waals surface area (Å²) >= 11 is 0. The highest BCUT2D eigenvalue weighted by Crippen LogP contribution is 2.30. The molecule has 1 atom stereocenters. The van der Waals surface area contributed by atoms with Gasteiger partial charge in [0.1, 0.15) is 11.8 Å². The second-order valence-electron chi connectivity index (χ2n) is 5.99. The van der Waals surface area contributed by atoms with Gasteiger partial charge >= 0.3 is 0 Å². The van der Waals surface area contributed by atoms with E-state index >= 15 is 0 Å². The molecule has 2 aromatic carbocycles. The third-order valence-electron chi connectivity index (χ3n) is 4.06. The Morgan fingerprint density at radius 1 is 1.13 bits per heavy atom. The number of hydrogen-bond acceptors (Lipinski definition) is 3. The summed E-state index contributed by atoms with van der Waals surface area (Å²) in [4.78, 5) is 11.8. The quantitative estimate of drug-likeness (QED) is 0.788. The van der Waals surface area contributed by atoms with Crippen LogP contribution in [0.15, 0.2) is 54.6 Å². The summed E-state index contributed by atoms with van der Waals surface area (Å²) in [6.45, 7) is 1.30. The Balaban J connectivity index is 1.67. The molecule has 0 saturated heterocycles. The summed E-state index contributed by atoms with van der Waals surface area (Å²) in [5, 5.41) is 3.24. The van der Waals surface area contributed by atoms with Crippen molar-refractivity contribution in [2.75, 3.05) is 6.61 Å². The third-order valence-corrected chi connectivity index (χ3v) is 4.06. The number of primary amides is 1. The maximum absolute atomic E-state index is 11.8. The lowest BCUT2D eigenvalue weighted by Crippen LogP contribution is -2.33. The molecule has 3 N–H and O–H groups in total. The fourth-order valence-electron chi connectivity index (χ4n) is 2.52. The normalized spacial score (nSPS) is 15.1. The molecule has 1 saturated carbocycles. The van der Waals surface area contributed by atoms with Gasteiger partial charge in [-0.2, -0.15) is 0 Å². The molecule has 120 valence electrons. The molecule has 4 heteroatoms. The molecular formula is C19H22N2O2. The highest BCUT2D eigenvalue weighted by molar-refractivity contribution is 5.81. The van der Waals surface area contributed by atoms with E-state index in [1.807, 2.05) is 54.6 Å². The second-order valence-corrected chi connectivity index (χ2v) is 5.99. The molecule has 1 aliphatic carbocycles. The number of rotatable bonds is 8. The highest BCUT2D eigenvalue weighted by Gasteiger charge is 2.22. The molecule has 3 rings (SSSR count). The molecule has 1 aliphatic rings. The van der Waals surface area contributed by atoms with Gasteiger partial charge < -0.3 is 10.5 Å². The van der Waals surface area contributed by atoms with Gasteiger partial charge in [0.15, 0.2) is 0 Å². The van der Waals surface area contributed by atoms with Gasteiger partial charge in [-0.1, -0.05) is 48.5 Å². The predicted molar refractivity (Wildman–Crippen MR) is 89.9 cm³/mol.